The van der Waals surface area contributed by atoms with Crippen LogP contribution in [-0.4, -0.2) is 40.4 Å². The second-order valence-electron chi connectivity index (χ2n) is 8.29. The molecule has 3 aromatic rings. The maximum atomic E-state index is 13.3. The lowest BCUT2D eigenvalue weighted by Crippen LogP contribution is -2.29. The van der Waals surface area contributed by atoms with Crippen LogP contribution in [0.5, 0.6) is 11.5 Å². The molecule has 1 amide bonds. The number of aliphatic hydroxyl groups excluding tert-OH is 1. The van der Waals surface area contributed by atoms with Gasteiger partial charge >= 0.3 is 0 Å². The average molecular weight is 473 g/mol. The summed E-state index contributed by atoms with van der Waals surface area (Å²) in [6.07, 6.45) is 5.21. The Balaban J connectivity index is 1.80. The number of aliphatic hydroxyl groups is 1. The van der Waals surface area contributed by atoms with E-state index in [9.17, 15) is 14.7 Å². The maximum Gasteiger partial charge on any atom is 0.295 e. The molecule has 35 heavy (non-hydrogen) atoms. The minimum atomic E-state index is -0.796. The molecule has 0 aliphatic carbocycles. The molecule has 2 heterocycles. The number of ether oxygens (including phenoxy) is 2. The number of ketones is 1. The van der Waals surface area contributed by atoms with Gasteiger partial charge in [0.05, 0.1) is 25.3 Å². The van der Waals surface area contributed by atoms with Crippen LogP contribution in [0, 0.1) is 0 Å². The van der Waals surface area contributed by atoms with Gasteiger partial charge in [-0.2, -0.15) is 0 Å². The number of carbonyl (C=O) groups excluding carboxylic acids is 2. The van der Waals surface area contributed by atoms with Gasteiger partial charge in [0.15, 0.2) is 0 Å². The smallest absolute Gasteiger partial charge is 0.295 e. The minimum Gasteiger partial charge on any atom is -0.507 e. The summed E-state index contributed by atoms with van der Waals surface area (Å²) in [5.41, 5.74) is 1.86. The monoisotopic (exact) mass is 472 g/mol. The minimum absolute atomic E-state index is 0.0258. The normalized spacial score (nSPS) is 17.0. The molecule has 1 saturated heterocycles. The molecule has 2 aromatic carbocycles. The van der Waals surface area contributed by atoms with Crippen molar-refractivity contribution in [3.63, 3.8) is 0 Å². The van der Waals surface area contributed by atoms with Gasteiger partial charge < -0.3 is 19.5 Å². The number of unbranched alkanes of at least 4 members (excludes halogenated alkanes) is 1. The zero-order valence-corrected chi connectivity index (χ0v) is 19.8. The van der Waals surface area contributed by atoms with Crippen molar-refractivity contribution >= 4 is 17.4 Å². The number of methoxy groups -OCH3 is 1. The van der Waals surface area contributed by atoms with Crippen LogP contribution < -0.4 is 9.47 Å². The van der Waals surface area contributed by atoms with Crippen molar-refractivity contribution in [3.8, 4) is 11.5 Å². The molecule has 1 aliphatic heterocycles. The van der Waals surface area contributed by atoms with Crippen LogP contribution in [0.3, 0.4) is 0 Å². The van der Waals surface area contributed by atoms with E-state index in [0.29, 0.717) is 29.2 Å². The van der Waals surface area contributed by atoms with Crippen molar-refractivity contribution in [2.24, 2.45) is 0 Å². The molecule has 0 bridgehead atoms. The van der Waals surface area contributed by atoms with Gasteiger partial charge in [-0.1, -0.05) is 43.7 Å². The van der Waals surface area contributed by atoms with E-state index in [1.165, 1.54) is 4.90 Å². The summed E-state index contributed by atoms with van der Waals surface area (Å²) in [7, 11) is 1.55. The van der Waals surface area contributed by atoms with E-state index in [1.54, 1.807) is 68.0 Å². The average Bonchev–Trinajstić information content (AvgIpc) is 3.14. The van der Waals surface area contributed by atoms with Crippen molar-refractivity contribution in [3.05, 3.63) is 95.3 Å². The Hall–Kier alpha value is -4.13. The molecule has 1 atom stereocenters. The quantitative estimate of drug-likeness (QED) is 0.206. The summed E-state index contributed by atoms with van der Waals surface area (Å²) in [6.45, 7) is 2.80. The van der Waals surface area contributed by atoms with Crippen LogP contribution in [0.15, 0.2) is 78.6 Å². The Morgan fingerprint density at radius 3 is 2.60 bits per heavy atom. The molecule has 0 spiro atoms. The van der Waals surface area contributed by atoms with Crippen LogP contribution in [0.4, 0.5) is 0 Å². The molecule has 180 valence electrons. The number of likely N-dealkylation sites (tertiary alicyclic amines) is 1. The molecule has 4 rings (SSSR count). The Morgan fingerprint density at radius 1 is 1.06 bits per heavy atom. The van der Waals surface area contributed by atoms with Gasteiger partial charge in [-0.25, -0.2) is 0 Å². The third-order valence-electron chi connectivity index (χ3n) is 5.90. The van der Waals surface area contributed by atoms with Gasteiger partial charge in [0.2, 0.25) is 0 Å². The van der Waals surface area contributed by atoms with E-state index in [0.717, 1.165) is 18.4 Å². The fourth-order valence-corrected chi connectivity index (χ4v) is 4.11. The molecule has 0 saturated carbocycles. The van der Waals surface area contributed by atoms with Crippen LogP contribution in [0.2, 0.25) is 0 Å². The summed E-state index contributed by atoms with van der Waals surface area (Å²) >= 11 is 0. The number of amides is 1. The largest absolute Gasteiger partial charge is 0.507 e. The molecular weight excluding hydrogens is 444 g/mol. The predicted molar refractivity (Wildman–Crippen MR) is 132 cm³/mol. The Morgan fingerprint density at radius 2 is 1.86 bits per heavy atom. The first-order chi connectivity index (χ1) is 17.0. The van der Waals surface area contributed by atoms with E-state index >= 15 is 0 Å². The maximum absolute atomic E-state index is 13.3. The van der Waals surface area contributed by atoms with Crippen molar-refractivity contribution in [2.75, 3.05) is 13.7 Å². The molecule has 7 nitrogen and oxygen atoms in total. The molecular formula is C28H28N2O5. The SMILES string of the molecule is CCCCOc1cccc(/C(O)=C2\C(=O)C(=O)N(Cc3cccnc3)C2c2cccc(OC)c2)c1. The lowest BCUT2D eigenvalue weighted by Gasteiger charge is -2.25. The highest BCUT2D eigenvalue weighted by Crippen LogP contribution is 2.41. The van der Waals surface area contributed by atoms with Gasteiger partial charge in [0.25, 0.3) is 11.7 Å². The first-order valence-electron chi connectivity index (χ1n) is 11.6. The molecule has 1 aliphatic rings. The first kappa shape index (κ1) is 24.0. The number of hydrogen-bond donors (Lipinski definition) is 1. The number of carbonyl (C=O) groups is 2. The molecule has 1 fully saturated rings. The zero-order valence-electron chi connectivity index (χ0n) is 19.8. The molecule has 1 N–H and O–H groups in total. The lowest BCUT2D eigenvalue weighted by atomic mass is 9.95. The number of aromatic nitrogens is 1. The van der Waals surface area contributed by atoms with E-state index in [1.807, 2.05) is 12.1 Å². The number of hydrogen-bond acceptors (Lipinski definition) is 6. The highest BCUT2D eigenvalue weighted by molar-refractivity contribution is 6.46. The van der Waals surface area contributed by atoms with Crippen LogP contribution >= 0.6 is 0 Å². The number of benzene rings is 2. The fraction of sp³-hybridized carbons (Fsp3) is 0.250. The number of Topliss-reactive ketones (excluding diaryl/α,β-unsaturated/α-hetero) is 1. The summed E-state index contributed by atoms with van der Waals surface area (Å²) in [4.78, 5) is 32.0. The Kier molecular flexibility index (Phi) is 7.45. The second-order valence-corrected chi connectivity index (χ2v) is 8.29. The van der Waals surface area contributed by atoms with Crippen molar-refractivity contribution in [2.45, 2.75) is 32.4 Å². The Labute approximate surface area is 204 Å². The van der Waals surface area contributed by atoms with Gasteiger partial charge in [-0.15, -0.1) is 0 Å². The van der Waals surface area contributed by atoms with Crippen molar-refractivity contribution in [1.29, 1.82) is 0 Å². The summed E-state index contributed by atoms with van der Waals surface area (Å²) in [5.74, 6) is -0.494. The standard InChI is InChI=1S/C28H28N2O5/c1-3-4-14-35-23-12-6-10-21(16-23)26(31)24-25(20-9-5-11-22(15-20)34-2)30(28(33)27(24)32)18-19-8-7-13-29-17-19/h5-13,15-17,25,31H,3-4,14,18H2,1-2H3/b26-24+. The second kappa shape index (κ2) is 10.9. The van der Waals surface area contributed by atoms with Crippen LogP contribution in [0.25, 0.3) is 5.76 Å². The van der Waals surface area contributed by atoms with Crippen molar-refractivity contribution in [1.82, 2.24) is 9.88 Å². The summed E-state index contributed by atoms with van der Waals surface area (Å²) < 4.78 is 11.1. The third kappa shape index (κ3) is 5.19. The van der Waals surface area contributed by atoms with Crippen LogP contribution in [-0.2, 0) is 16.1 Å². The summed E-state index contributed by atoms with van der Waals surface area (Å²) in [6, 6.07) is 16.9. The van der Waals surface area contributed by atoms with Gasteiger partial charge in [0, 0.05) is 24.5 Å². The highest BCUT2D eigenvalue weighted by Gasteiger charge is 2.46. The van der Waals surface area contributed by atoms with E-state index < -0.39 is 17.7 Å². The first-order valence-corrected chi connectivity index (χ1v) is 11.6. The third-order valence-corrected chi connectivity index (χ3v) is 5.90. The molecule has 1 unspecified atom stereocenters. The number of rotatable bonds is 9. The summed E-state index contributed by atoms with van der Waals surface area (Å²) in [5, 5.41) is 11.3. The Bertz CT molecular complexity index is 1240. The topological polar surface area (TPSA) is 89.0 Å². The van der Waals surface area contributed by atoms with E-state index in [2.05, 4.69) is 11.9 Å². The van der Waals surface area contributed by atoms with Gasteiger partial charge in [-0.3, -0.25) is 14.6 Å². The number of pyridine rings is 1. The van der Waals surface area contributed by atoms with Gasteiger partial charge in [-0.05, 0) is 47.9 Å². The van der Waals surface area contributed by atoms with Crippen LogP contribution in [0.1, 0.15) is 42.5 Å². The van der Waals surface area contributed by atoms with E-state index in [4.69, 9.17) is 9.47 Å². The fourth-order valence-electron chi connectivity index (χ4n) is 4.11. The molecule has 0 radical (unpaired) electrons. The van der Waals surface area contributed by atoms with Crippen molar-refractivity contribution < 1.29 is 24.2 Å². The van der Waals surface area contributed by atoms with Gasteiger partial charge in [0.1, 0.15) is 17.3 Å². The molecule has 7 heteroatoms. The predicted octanol–water partition coefficient (Wildman–Crippen LogP) is 4.89. The molecule has 1 aromatic heterocycles. The highest BCUT2D eigenvalue weighted by atomic mass is 16.5. The lowest BCUT2D eigenvalue weighted by molar-refractivity contribution is -0.140. The number of nitrogens with zero attached hydrogens (tertiary/aromatic N) is 2. The zero-order chi connectivity index (χ0) is 24.8. The van der Waals surface area contributed by atoms with E-state index in [-0.39, 0.29) is 17.9 Å².